The average Bonchev–Trinajstić information content (AvgIpc) is 2.79. The number of aryl methyl sites for hydroxylation is 1. The van der Waals surface area contributed by atoms with Gasteiger partial charge >= 0.3 is 6.18 Å². The number of likely N-dealkylation sites (N-methyl/N-ethyl adjacent to an activating group) is 1. The Morgan fingerprint density at radius 1 is 1.00 bits per heavy atom. The normalized spacial score (nSPS) is 11.2. The number of nitrogens with zero attached hydrogens (tertiary/aromatic N) is 1. The summed E-state index contributed by atoms with van der Waals surface area (Å²) in [6.07, 6.45) is -4.44. The molecule has 3 rings (SSSR count). The average molecular weight is 475 g/mol. The van der Waals surface area contributed by atoms with E-state index in [1.54, 1.807) is 49.4 Å². The van der Waals surface area contributed by atoms with Crippen molar-refractivity contribution in [1.82, 2.24) is 4.90 Å². The van der Waals surface area contributed by atoms with Crippen LogP contribution in [-0.2, 0) is 11.0 Å². The first-order valence-electron chi connectivity index (χ1n) is 10.2. The van der Waals surface area contributed by atoms with Gasteiger partial charge in [0.15, 0.2) is 0 Å². The molecule has 0 aliphatic rings. The molecule has 2 amide bonds. The third-order valence-corrected chi connectivity index (χ3v) is 5.39. The standard InChI is InChI=1S/C25H22ClF3N2O2/c1-3-31(15-23(32)30-22-14-19(26)13-8-16(22)2)24(33)21-7-5-4-6-20(21)17-9-11-18(12-10-17)25(27,28)29/h4-14H,3,15H2,1-2H3,(H,30,32). The zero-order valence-corrected chi connectivity index (χ0v) is 18.8. The molecule has 4 nitrogen and oxygen atoms in total. The Morgan fingerprint density at radius 3 is 2.30 bits per heavy atom. The van der Waals surface area contributed by atoms with E-state index in [9.17, 15) is 22.8 Å². The number of anilines is 1. The van der Waals surface area contributed by atoms with Gasteiger partial charge in [0.25, 0.3) is 5.91 Å². The van der Waals surface area contributed by atoms with Crippen molar-refractivity contribution in [3.05, 3.63) is 88.4 Å². The zero-order valence-electron chi connectivity index (χ0n) is 18.0. The van der Waals surface area contributed by atoms with E-state index in [0.717, 1.165) is 17.7 Å². The third kappa shape index (κ3) is 5.93. The maximum atomic E-state index is 13.3. The van der Waals surface area contributed by atoms with E-state index in [1.807, 2.05) is 6.92 Å². The van der Waals surface area contributed by atoms with E-state index in [1.165, 1.54) is 17.0 Å². The quantitative estimate of drug-likeness (QED) is 0.447. The van der Waals surface area contributed by atoms with Crippen LogP contribution in [-0.4, -0.2) is 29.8 Å². The summed E-state index contributed by atoms with van der Waals surface area (Å²) < 4.78 is 38.7. The molecule has 0 aliphatic carbocycles. The van der Waals surface area contributed by atoms with E-state index in [4.69, 9.17) is 11.6 Å². The van der Waals surface area contributed by atoms with Crippen LogP contribution < -0.4 is 5.32 Å². The van der Waals surface area contributed by atoms with E-state index < -0.39 is 17.6 Å². The summed E-state index contributed by atoms with van der Waals surface area (Å²) in [6, 6.07) is 16.4. The second kappa shape index (κ2) is 10.1. The molecule has 33 heavy (non-hydrogen) atoms. The van der Waals surface area contributed by atoms with Crippen molar-refractivity contribution in [3.8, 4) is 11.1 Å². The van der Waals surface area contributed by atoms with Gasteiger partial charge in [-0.25, -0.2) is 0 Å². The van der Waals surface area contributed by atoms with Crippen molar-refractivity contribution in [1.29, 1.82) is 0 Å². The molecule has 1 N–H and O–H groups in total. The van der Waals surface area contributed by atoms with Crippen LogP contribution in [0.15, 0.2) is 66.7 Å². The van der Waals surface area contributed by atoms with Crippen LogP contribution in [0.1, 0.15) is 28.4 Å². The lowest BCUT2D eigenvalue weighted by Gasteiger charge is -2.22. The number of carbonyl (C=O) groups excluding carboxylic acids is 2. The first-order chi connectivity index (χ1) is 15.6. The van der Waals surface area contributed by atoms with Crippen molar-refractivity contribution in [2.45, 2.75) is 20.0 Å². The SMILES string of the molecule is CCN(CC(=O)Nc1cc(Cl)ccc1C)C(=O)c1ccccc1-c1ccc(C(F)(F)F)cc1. The molecule has 3 aromatic carbocycles. The number of alkyl halides is 3. The van der Waals surface area contributed by atoms with Crippen LogP contribution in [0.4, 0.5) is 18.9 Å². The van der Waals surface area contributed by atoms with Gasteiger partial charge in [-0.15, -0.1) is 0 Å². The first-order valence-corrected chi connectivity index (χ1v) is 10.6. The minimum Gasteiger partial charge on any atom is -0.330 e. The molecule has 0 saturated carbocycles. The monoisotopic (exact) mass is 474 g/mol. The summed E-state index contributed by atoms with van der Waals surface area (Å²) in [7, 11) is 0. The first kappa shape index (κ1) is 24.3. The predicted octanol–water partition coefficient (Wildman–Crippen LogP) is 6.44. The summed E-state index contributed by atoms with van der Waals surface area (Å²) in [4.78, 5) is 27.2. The number of hydrogen-bond acceptors (Lipinski definition) is 2. The molecule has 3 aromatic rings. The Kier molecular flexibility index (Phi) is 7.43. The van der Waals surface area contributed by atoms with Crippen LogP contribution in [0.3, 0.4) is 0 Å². The Balaban J connectivity index is 1.82. The summed E-state index contributed by atoms with van der Waals surface area (Å²) in [5.41, 5.74) is 1.88. The number of nitrogens with one attached hydrogen (secondary N) is 1. The largest absolute Gasteiger partial charge is 0.416 e. The van der Waals surface area contributed by atoms with Crippen molar-refractivity contribution >= 4 is 29.1 Å². The van der Waals surface area contributed by atoms with E-state index in [2.05, 4.69) is 5.32 Å². The fourth-order valence-corrected chi connectivity index (χ4v) is 3.52. The molecule has 0 bridgehead atoms. The minimum absolute atomic E-state index is 0.192. The van der Waals surface area contributed by atoms with Crippen molar-refractivity contribution < 1.29 is 22.8 Å². The molecule has 8 heteroatoms. The van der Waals surface area contributed by atoms with Crippen molar-refractivity contribution in [3.63, 3.8) is 0 Å². The molecule has 172 valence electrons. The van der Waals surface area contributed by atoms with Gasteiger partial charge in [-0.1, -0.05) is 48.0 Å². The molecule has 0 aliphatic heterocycles. The van der Waals surface area contributed by atoms with E-state index in [0.29, 0.717) is 27.4 Å². The fraction of sp³-hybridized carbons (Fsp3) is 0.200. The lowest BCUT2D eigenvalue weighted by molar-refractivity contribution is -0.137. The van der Waals surface area contributed by atoms with Crippen LogP contribution in [0.2, 0.25) is 5.02 Å². The van der Waals surface area contributed by atoms with E-state index in [-0.39, 0.29) is 19.0 Å². The number of amides is 2. The molecule has 0 aromatic heterocycles. The second-order valence-corrected chi connectivity index (χ2v) is 7.88. The molecule has 0 saturated heterocycles. The van der Waals surface area contributed by atoms with Gasteiger partial charge in [0.2, 0.25) is 5.91 Å². The Bertz CT molecular complexity index is 1160. The summed E-state index contributed by atoms with van der Waals surface area (Å²) in [5.74, 6) is -0.784. The highest BCUT2D eigenvalue weighted by Gasteiger charge is 2.30. The van der Waals surface area contributed by atoms with E-state index >= 15 is 0 Å². The highest BCUT2D eigenvalue weighted by atomic mass is 35.5. The van der Waals surface area contributed by atoms with Gasteiger partial charge in [-0.05, 0) is 60.9 Å². The van der Waals surface area contributed by atoms with Gasteiger partial charge in [0.1, 0.15) is 6.54 Å². The number of rotatable bonds is 6. The fourth-order valence-electron chi connectivity index (χ4n) is 3.35. The van der Waals surface area contributed by atoms with Crippen LogP contribution >= 0.6 is 11.6 Å². The third-order valence-electron chi connectivity index (χ3n) is 5.16. The lowest BCUT2D eigenvalue weighted by Crippen LogP contribution is -2.38. The topological polar surface area (TPSA) is 49.4 Å². The number of carbonyl (C=O) groups is 2. The highest BCUT2D eigenvalue weighted by molar-refractivity contribution is 6.31. The number of benzene rings is 3. The summed E-state index contributed by atoms with van der Waals surface area (Å²) in [5, 5.41) is 3.24. The molecular formula is C25H22ClF3N2O2. The molecule has 0 atom stereocenters. The summed E-state index contributed by atoms with van der Waals surface area (Å²) >= 11 is 6.00. The van der Waals surface area contributed by atoms with Crippen molar-refractivity contribution in [2.75, 3.05) is 18.4 Å². The number of hydrogen-bond donors (Lipinski definition) is 1. The van der Waals surface area contributed by atoms with Crippen LogP contribution in [0.25, 0.3) is 11.1 Å². The molecule has 0 fully saturated rings. The van der Waals surface area contributed by atoms with Gasteiger partial charge < -0.3 is 10.2 Å². The number of halogens is 4. The van der Waals surface area contributed by atoms with Gasteiger partial charge in [0, 0.05) is 22.8 Å². The Morgan fingerprint density at radius 2 is 1.67 bits per heavy atom. The lowest BCUT2D eigenvalue weighted by atomic mass is 9.97. The molecule has 0 spiro atoms. The maximum Gasteiger partial charge on any atom is 0.416 e. The van der Waals surface area contributed by atoms with Gasteiger partial charge in [0.05, 0.1) is 5.56 Å². The maximum absolute atomic E-state index is 13.3. The second-order valence-electron chi connectivity index (χ2n) is 7.45. The molecular weight excluding hydrogens is 453 g/mol. The molecule has 0 heterocycles. The highest BCUT2D eigenvalue weighted by Crippen LogP contribution is 2.32. The van der Waals surface area contributed by atoms with Crippen LogP contribution in [0.5, 0.6) is 0 Å². The summed E-state index contributed by atoms with van der Waals surface area (Å²) in [6.45, 7) is 3.65. The molecule has 0 radical (unpaired) electrons. The smallest absolute Gasteiger partial charge is 0.330 e. The Labute approximate surface area is 195 Å². The predicted molar refractivity (Wildman–Crippen MR) is 123 cm³/mol. The zero-order chi connectivity index (χ0) is 24.2. The minimum atomic E-state index is -4.44. The van der Waals surface area contributed by atoms with Crippen molar-refractivity contribution in [2.24, 2.45) is 0 Å². The van der Waals surface area contributed by atoms with Gasteiger partial charge in [-0.3, -0.25) is 9.59 Å². The molecule has 0 unspecified atom stereocenters. The van der Waals surface area contributed by atoms with Gasteiger partial charge in [-0.2, -0.15) is 13.2 Å². The Hall–Kier alpha value is -3.32. The van der Waals surface area contributed by atoms with Crippen LogP contribution in [0, 0.1) is 6.92 Å².